The van der Waals surface area contributed by atoms with Crippen molar-refractivity contribution in [1.29, 1.82) is 0 Å². The number of aryl methyl sites for hydroxylation is 1. The average molecular weight is 323 g/mol. The van der Waals surface area contributed by atoms with Crippen LogP contribution in [0.2, 0.25) is 0 Å². The quantitative estimate of drug-likeness (QED) is 0.455. The van der Waals surface area contributed by atoms with E-state index in [-0.39, 0.29) is 19.2 Å². The molecule has 5 heteroatoms. The molecule has 0 radical (unpaired) electrons. The number of ether oxygens (including phenoxy) is 1. The molecule has 1 aromatic rings. The highest BCUT2D eigenvalue weighted by Gasteiger charge is 2.05. The molecule has 5 nitrogen and oxygen atoms in total. The van der Waals surface area contributed by atoms with E-state index in [0.717, 1.165) is 37.8 Å². The van der Waals surface area contributed by atoms with Gasteiger partial charge in [0.05, 0.1) is 20.3 Å². The number of aliphatic hydroxyl groups is 2. The fourth-order valence-corrected chi connectivity index (χ4v) is 2.54. The summed E-state index contributed by atoms with van der Waals surface area (Å²) in [5.74, 6) is -0.129. The molecule has 130 valence electrons. The van der Waals surface area contributed by atoms with Gasteiger partial charge in [0.1, 0.15) is 0 Å². The maximum atomic E-state index is 11.0. The molecule has 0 atom stereocenters. The first-order valence-corrected chi connectivity index (χ1v) is 8.33. The van der Waals surface area contributed by atoms with E-state index in [1.165, 1.54) is 12.7 Å². The van der Waals surface area contributed by atoms with Crippen LogP contribution in [-0.2, 0) is 16.0 Å². The van der Waals surface area contributed by atoms with E-state index >= 15 is 0 Å². The van der Waals surface area contributed by atoms with Gasteiger partial charge in [-0.3, -0.25) is 4.79 Å². The summed E-state index contributed by atoms with van der Waals surface area (Å²) in [4.78, 5) is 13.0. The Bertz CT molecular complexity index is 427. The van der Waals surface area contributed by atoms with Gasteiger partial charge in [-0.05, 0) is 37.0 Å². The van der Waals surface area contributed by atoms with Crippen LogP contribution in [0.25, 0.3) is 0 Å². The second-order valence-corrected chi connectivity index (χ2v) is 5.59. The average Bonchev–Trinajstić information content (AvgIpc) is 2.58. The summed E-state index contributed by atoms with van der Waals surface area (Å²) in [5, 5.41) is 18.1. The summed E-state index contributed by atoms with van der Waals surface area (Å²) in [6.45, 7) is 1.21. The number of nitrogens with zero attached hydrogens (tertiary/aromatic N) is 1. The second-order valence-electron chi connectivity index (χ2n) is 5.59. The summed E-state index contributed by atoms with van der Waals surface area (Å²) in [7, 11) is 1.42. The van der Waals surface area contributed by atoms with Crippen LogP contribution < -0.4 is 4.90 Å². The Balaban J connectivity index is 2.29. The molecule has 0 spiro atoms. The van der Waals surface area contributed by atoms with Crippen molar-refractivity contribution in [3.8, 4) is 0 Å². The third-order valence-electron chi connectivity index (χ3n) is 3.87. The molecule has 2 N–H and O–H groups in total. The summed E-state index contributed by atoms with van der Waals surface area (Å²) in [5.41, 5.74) is 2.31. The van der Waals surface area contributed by atoms with Gasteiger partial charge in [0.15, 0.2) is 0 Å². The van der Waals surface area contributed by atoms with E-state index in [1.54, 1.807) is 0 Å². The lowest BCUT2D eigenvalue weighted by Gasteiger charge is -2.23. The number of hydrogen-bond acceptors (Lipinski definition) is 5. The molecule has 0 heterocycles. The Morgan fingerprint density at radius 2 is 1.61 bits per heavy atom. The van der Waals surface area contributed by atoms with Crippen LogP contribution in [-0.4, -0.2) is 49.6 Å². The lowest BCUT2D eigenvalue weighted by Crippen LogP contribution is -2.29. The third kappa shape index (κ3) is 8.00. The lowest BCUT2D eigenvalue weighted by molar-refractivity contribution is -0.140. The van der Waals surface area contributed by atoms with Gasteiger partial charge < -0.3 is 19.8 Å². The Kier molecular flexibility index (Phi) is 10.1. The fraction of sp³-hybridized carbons (Fsp3) is 0.611. The summed E-state index contributed by atoms with van der Waals surface area (Å²) >= 11 is 0. The monoisotopic (exact) mass is 323 g/mol. The van der Waals surface area contributed by atoms with Crippen LogP contribution in [0.3, 0.4) is 0 Å². The largest absolute Gasteiger partial charge is 0.469 e. The molecule has 0 unspecified atom stereocenters. The first-order chi connectivity index (χ1) is 11.2. The van der Waals surface area contributed by atoms with E-state index in [1.807, 2.05) is 17.0 Å². The molecule has 0 aliphatic heterocycles. The van der Waals surface area contributed by atoms with Crippen molar-refractivity contribution in [1.82, 2.24) is 0 Å². The molecule has 0 aromatic heterocycles. The molecule has 0 amide bonds. The van der Waals surface area contributed by atoms with E-state index in [4.69, 9.17) is 10.2 Å². The van der Waals surface area contributed by atoms with Gasteiger partial charge in [-0.1, -0.05) is 25.0 Å². The van der Waals surface area contributed by atoms with Gasteiger partial charge in [-0.15, -0.1) is 0 Å². The maximum Gasteiger partial charge on any atom is 0.305 e. The molecular weight excluding hydrogens is 294 g/mol. The predicted octanol–water partition coefficient (Wildman–Crippen LogP) is 2.14. The van der Waals surface area contributed by atoms with Gasteiger partial charge in [0.2, 0.25) is 0 Å². The number of unbranched alkanes of at least 4 members (excludes halogenated alkanes) is 3. The van der Waals surface area contributed by atoms with Gasteiger partial charge in [0.25, 0.3) is 0 Å². The first kappa shape index (κ1) is 19.5. The summed E-state index contributed by atoms with van der Waals surface area (Å²) in [6.07, 6.45) is 5.70. The minimum Gasteiger partial charge on any atom is -0.469 e. The molecule has 23 heavy (non-hydrogen) atoms. The van der Waals surface area contributed by atoms with Crippen LogP contribution >= 0.6 is 0 Å². The lowest BCUT2D eigenvalue weighted by atomic mass is 10.0. The topological polar surface area (TPSA) is 70.0 Å². The zero-order chi connectivity index (χ0) is 16.9. The van der Waals surface area contributed by atoms with E-state index in [0.29, 0.717) is 19.5 Å². The van der Waals surface area contributed by atoms with E-state index in [2.05, 4.69) is 16.9 Å². The summed E-state index contributed by atoms with van der Waals surface area (Å²) in [6, 6.07) is 8.28. The number of methoxy groups -OCH3 is 1. The van der Waals surface area contributed by atoms with Crippen molar-refractivity contribution in [2.75, 3.05) is 38.3 Å². The van der Waals surface area contributed by atoms with Crippen molar-refractivity contribution >= 4 is 11.7 Å². The molecule has 0 bridgehead atoms. The number of benzene rings is 1. The first-order valence-electron chi connectivity index (χ1n) is 8.33. The van der Waals surface area contributed by atoms with Crippen molar-refractivity contribution in [2.45, 2.75) is 38.5 Å². The standard InChI is InChI=1S/C18H29NO4/c1-23-18(22)7-5-3-2-4-6-16-8-10-17(11-9-16)19(12-14-20)13-15-21/h8-11,20-21H,2-7,12-15H2,1H3. The highest BCUT2D eigenvalue weighted by molar-refractivity contribution is 5.68. The molecule has 1 rings (SSSR count). The summed E-state index contributed by atoms with van der Waals surface area (Å²) < 4.78 is 4.62. The fourth-order valence-electron chi connectivity index (χ4n) is 2.54. The van der Waals surface area contributed by atoms with Gasteiger partial charge in [-0.2, -0.15) is 0 Å². The van der Waals surface area contributed by atoms with Crippen LogP contribution in [0.4, 0.5) is 5.69 Å². The number of carbonyl (C=O) groups is 1. The number of rotatable bonds is 12. The minimum atomic E-state index is -0.129. The van der Waals surface area contributed by atoms with Crippen LogP contribution in [0.1, 0.15) is 37.7 Å². The number of carbonyl (C=O) groups excluding carboxylic acids is 1. The maximum absolute atomic E-state index is 11.0. The Morgan fingerprint density at radius 1 is 1.00 bits per heavy atom. The Labute approximate surface area is 138 Å². The number of anilines is 1. The minimum absolute atomic E-state index is 0.0767. The Morgan fingerprint density at radius 3 is 2.17 bits per heavy atom. The molecule has 0 aliphatic carbocycles. The highest BCUT2D eigenvalue weighted by atomic mass is 16.5. The zero-order valence-electron chi connectivity index (χ0n) is 14.0. The number of hydrogen-bond donors (Lipinski definition) is 2. The van der Waals surface area contributed by atoms with E-state index in [9.17, 15) is 4.79 Å². The number of aliphatic hydroxyl groups excluding tert-OH is 2. The smallest absolute Gasteiger partial charge is 0.305 e. The third-order valence-corrected chi connectivity index (χ3v) is 3.87. The number of esters is 1. The zero-order valence-corrected chi connectivity index (χ0v) is 14.0. The van der Waals surface area contributed by atoms with Gasteiger partial charge >= 0.3 is 5.97 Å². The molecule has 1 aromatic carbocycles. The van der Waals surface area contributed by atoms with E-state index < -0.39 is 0 Å². The molecule has 0 saturated carbocycles. The normalized spacial score (nSPS) is 10.6. The van der Waals surface area contributed by atoms with Crippen LogP contribution in [0.5, 0.6) is 0 Å². The van der Waals surface area contributed by atoms with Crippen molar-refractivity contribution in [3.63, 3.8) is 0 Å². The predicted molar refractivity (Wildman–Crippen MR) is 91.6 cm³/mol. The molecule has 0 fully saturated rings. The van der Waals surface area contributed by atoms with Crippen LogP contribution in [0.15, 0.2) is 24.3 Å². The van der Waals surface area contributed by atoms with Crippen molar-refractivity contribution in [2.24, 2.45) is 0 Å². The van der Waals surface area contributed by atoms with Gasteiger partial charge in [-0.25, -0.2) is 0 Å². The molecule has 0 saturated heterocycles. The SMILES string of the molecule is COC(=O)CCCCCCc1ccc(N(CCO)CCO)cc1. The molecular formula is C18H29NO4. The second kappa shape index (κ2) is 11.9. The van der Waals surface area contributed by atoms with Crippen molar-refractivity contribution < 1.29 is 19.7 Å². The van der Waals surface area contributed by atoms with Gasteiger partial charge in [0, 0.05) is 25.2 Å². The highest BCUT2D eigenvalue weighted by Crippen LogP contribution is 2.16. The molecule has 0 aliphatic rings. The Hall–Kier alpha value is -1.59. The van der Waals surface area contributed by atoms with Crippen molar-refractivity contribution in [3.05, 3.63) is 29.8 Å². The van der Waals surface area contributed by atoms with Crippen LogP contribution in [0, 0.1) is 0 Å².